The van der Waals surface area contributed by atoms with Crippen LogP contribution in [-0.2, 0) is 4.74 Å². The lowest BCUT2D eigenvalue weighted by atomic mass is 10.1. The summed E-state index contributed by atoms with van der Waals surface area (Å²) in [7, 11) is 0. The van der Waals surface area contributed by atoms with Gasteiger partial charge in [0.2, 0.25) is 0 Å². The first kappa shape index (κ1) is 21.4. The highest BCUT2D eigenvalue weighted by atomic mass is 35.5. The Morgan fingerprint density at radius 1 is 1.03 bits per heavy atom. The first-order chi connectivity index (χ1) is 15.0. The van der Waals surface area contributed by atoms with Crippen molar-refractivity contribution in [3.05, 3.63) is 63.8 Å². The second-order valence-corrected chi connectivity index (χ2v) is 7.91. The Morgan fingerprint density at radius 2 is 1.71 bits per heavy atom. The highest BCUT2D eigenvalue weighted by Gasteiger charge is 2.20. The Morgan fingerprint density at radius 3 is 2.42 bits per heavy atom. The lowest BCUT2D eigenvalue weighted by Gasteiger charge is -2.27. The van der Waals surface area contributed by atoms with Crippen molar-refractivity contribution in [2.45, 2.75) is 6.92 Å². The molecule has 0 atom stereocenters. The first-order valence-electron chi connectivity index (χ1n) is 9.73. The van der Waals surface area contributed by atoms with Crippen LogP contribution in [-0.4, -0.2) is 48.1 Å². The fourth-order valence-corrected chi connectivity index (χ4v) is 4.01. The lowest BCUT2D eigenvalue weighted by Crippen LogP contribution is -2.43. The number of urea groups is 1. The van der Waals surface area contributed by atoms with E-state index in [9.17, 15) is 9.59 Å². The van der Waals surface area contributed by atoms with Crippen molar-refractivity contribution in [2.24, 2.45) is 0 Å². The van der Waals surface area contributed by atoms with Gasteiger partial charge in [-0.15, -0.1) is 0 Å². The molecule has 0 radical (unpaired) electrons. The van der Waals surface area contributed by atoms with Gasteiger partial charge in [-0.05, 0) is 30.7 Å². The van der Waals surface area contributed by atoms with Gasteiger partial charge in [0.1, 0.15) is 0 Å². The van der Waals surface area contributed by atoms with E-state index in [0.717, 1.165) is 5.56 Å². The standard InChI is InChI=1S/C22H20Cl2N4O3/c1-13-12-25-20-14(19(13)27-22(30)28-8-10-31-11-9-28)4-2-7-17(20)26-21(29)18-15(23)5-3-6-16(18)24/h2-7,12H,8-11H2,1H3,(H,26,29)(H,25,27,30). The normalized spacial score (nSPS) is 13.8. The van der Waals surface area contributed by atoms with Crippen molar-refractivity contribution in [2.75, 3.05) is 36.9 Å². The number of morpholine rings is 1. The molecule has 9 heteroatoms. The van der Waals surface area contributed by atoms with Gasteiger partial charge in [-0.2, -0.15) is 0 Å². The maximum atomic E-state index is 12.8. The Bertz CT molecular complexity index is 1140. The summed E-state index contributed by atoms with van der Waals surface area (Å²) in [5, 5.41) is 7.05. The SMILES string of the molecule is Cc1cnc2c(NC(=O)c3c(Cl)cccc3Cl)cccc2c1NC(=O)N1CCOCC1. The number of nitrogens with one attached hydrogen (secondary N) is 2. The van der Waals surface area contributed by atoms with Crippen LogP contribution in [0.3, 0.4) is 0 Å². The van der Waals surface area contributed by atoms with Crippen LogP contribution in [0.25, 0.3) is 10.9 Å². The fraction of sp³-hybridized carbons (Fsp3) is 0.227. The molecule has 0 spiro atoms. The van der Waals surface area contributed by atoms with Gasteiger partial charge in [-0.25, -0.2) is 4.79 Å². The zero-order chi connectivity index (χ0) is 22.0. The number of aryl methyl sites for hydroxylation is 1. The van der Waals surface area contributed by atoms with Crippen molar-refractivity contribution in [1.82, 2.24) is 9.88 Å². The molecule has 7 nitrogen and oxygen atoms in total. The summed E-state index contributed by atoms with van der Waals surface area (Å²) in [5.41, 5.74) is 2.68. The number of fused-ring (bicyclic) bond motifs is 1. The molecule has 0 saturated carbocycles. The minimum absolute atomic E-state index is 0.191. The molecule has 31 heavy (non-hydrogen) atoms. The molecule has 1 aromatic heterocycles. The number of hydrogen-bond acceptors (Lipinski definition) is 4. The largest absolute Gasteiger partial charge is 0.378 e. The maximum Gasteiger partial charge on any atom is 0.322 e. The van der Waals surface area contributed by atoms with Gasteiger partial charge in [-0.3, -0.25) is 9.78 Å². The number of carbonyl (C=O) groups is 2. The quantitative estimate of drug-likeness (QED) is 0.580. The molecule has 4 rings (SSSR count). The van der Waals surface area contributed by atoms with E-state index in [-0.39, 0.29) is 21.6 Å². The number of carbonyl (C=O) groups excluding carboxylic acids is 2. The molecule has 0 bridgehead atoms. The molecule has 2 aromatic carbocycles. The monoisotopic (exact) mass is 458 g/mol. The van der Waals surface area contributed by atoms with E-state index in [1.165, 1.54) is 0 Å². The van der Waals surface area contributed by atoms with Crippen LogP contribution < -0.4 is 10.6 Å². The van der Waals surface area contributed by atoms with Crippen LogP contribution in [0.2, 0.25) is 10.0 Å². The van der Waals surface area contributed by atoms with Gasteiger partial charge < -0.3 is 20.3 Å². The van der Waals surface area contributed by atoms with Crippen molar-refractivity contribution in [3.63, 3.8) is 0 Å². The number of pyridine rings is 1. The molecule has 1 saturated heterocycles. The van der Waals surface area contributed by atoms with Crippen LogP contribution in [0.5, 0.6) is 0 Å². The van der Waals surface area contributed by atoms with Crippen LogP contribution in [0.15, 0.2) is 42.6 Å². The molecular formula is C22H20Cl2N4O3. The number of rotatable bonds is 3. The van der Waals surface area contributed by atoms with Crippen LogP contribution >= 0.6 is 23.2 Å². The molecule has 1 fully saturated rings. The molecule has 1 aliphatic rings. The van der Waals surface area contributed by atoms with E-state index in [1.807, 2.05) is 13.0 Å². The molecule has 3 aromatic rings. The number of halogens is 2. The van der Waals surface area contributed by atoms with E-state index >= 15 is 0 Å². The zero-order valence-electron chi connectivity index (χ0n) is 16.7. The molecule has 3 amide bonds. The van der Waals surface area contributed by atoms with E-state index in [0.29, 0.717) is 48.6 Å². The zero-order valence-corrected chi connectivity index (χ0v) is 18.3. The Balaban J connectivity index is 1.66. The summed E-state index contributed by atoms with van der Waals surface area (Å²) in [6, 6.07) is 10.1. The van der Waals surface area contributed by atoms with Crippen molar-refractivity contribution in [3.8, 4) is 0 Å². The molecule has 2 N–H and O–H groups in total. The summed E-state index contributed by atoms with van der Waals surface area (Å²) in [6.45, 7) is 3.98. The predicted octanol–water partition coefficient (Wildman–Crippen LogP) is 4.97. The van der Waals surface area contributed by atoms with Gasteiger partial charge in [0.05, 0.1) is 45.7 Å². The minimum Gasteiger partial charge on any atom is -0.378 e. The molecule has 2 heterocycles. The fourth-order valence-electron chi connectivity index (χ4n) is 3.44. The average Bonchev–Trinajstić information content (AvgIpc) is 2.76. The smallest absolute Gasteiger partial charge is 0.322 e. The number of nitrogens with zero attached hydrogens (tertiary/aromatic N) is 2. The average molecular weight is 459 g/mol. The summed E-state index contributed by atoms with van der Waals surface area (Å²) in [5.74, 6) is -0.440. The van der Waals surface area contributed by atoms with Crippen LogP contribution in [0, 0.1) is 6.92 Å². The third kappa shape index (κ3) is 4.44. The second kappa shape index (κ2) is 9.09. The molecule has 0 unspecified atom stereocenters. The summed E-state index contributed by atoms with van der Waals surface area (Å²) >= 11 is 12.3. The number of anilines is 2. The Labute approximate surface area is 189 Å². The molecule has 0 aliphatic carbocycles. The highest BCUT2D eigenvalue weighted by molar-refractivity contribution is 6.40. The topological polar surface area (TPSA) is 83.6 Å². The van der Waals surface area contributed by atoms with E-state index in [2.05, 4.69) is 15.6 Å². The molecule has 160 valence electrons. The van der Waals surface area contributed by atoms with E-state index < -0.39 is 5.91 Å². The molecular weight excluding hydrogens is 439 g/mol. The lowest BCUT2D eigenvalue weighted by molar-refractivity contribution is 0.0564. The van der Waals surface area contributed by atoms with Crippen molar-refractivity contribution in [1.29, 1.82) is 0 Å². The van der Waals surface area contributed by atoms with Crippen LogP contribution in [0.1, 0.15) is 15.9 Å². The number of ether oxygens (including phenoxy) is 1. The number of para-hydroxylation sites is 1. The van der Waals surface area contributed by atoms with Crippen LogP contribution in [0.4, 0.5) is 16.2 Å². The second-order valence-electron chi connectivity index (χ2n) is 7.10. The van der Waals surface area contributed by atoms with Gasteiger partial charge in [0.15, 0.2) is 0 Å². The van der Waals surface area contributed by atoms with Crippen molar-refractivity contribution < 1.29 is 14.3 Å². The third-order valence-electron chi connectivity index (χ3n) is 5.06. The predicted molar refractivity (Wildman–Crippen MR) is 122 cm³/mol. The summed E-state index contributed by atoms with van der Waals surface area (Å²) < 4.78 is 5.31. The van der Waals surface area contributed by atoms with E-state index in [1.54, 1.807) is 41.4 Å². The number of hydrogen-bond donors (Lipinski definition) is 2. The number of benzene rings is 2. The number of amides is 3. The summed E-state index contributed by atoms with van der Waals surface area (Å²) in [6.07, 6.45) is 1.66. The molecule has 1 aliphatic heterocycles. The van der Waals surface area contributed by atoms with E-state index in [4.69, 9.17) is 27.9 Å². The van der Waals surface area contributed by atoms with Gasteiger partial charge in [0, 0.05) is 24.7 Å². The third-order valence-corrected chi connectivity index (χ3v) is 5.69. The Kier molecular flexibility index (Phi) is 6.27. The van der Waals surface area contributed by atoms with Gasteiger partial charge >= 0.3 is 6.03 Å². The number of aromatic nitrogens is 1. The first-order valence-corrected chi connectivity index (χ1v) is 10.5. The van der Waals surface area contributed by atoms with Gasteiger partial charge in [0.25, 0.3) is 5.91 Å². The Hall–Kier alpha value is -2.87. The highest BCUT2D eigenvalue weighted by Crippen LogP contribution is 2.32. The summed E-state index contributed by atoms with van der Waals surface area (Å²) in [4.78, 5) is 31.8. The maximum absolute atomic E-state index is 12.8. The van der Waals surface area contributed by atoms with Gasteiger partial charge in [-0.1, -0.05) is 41.4 Å². The van der Waals surface area contributed by atoms with Crippen molar-refractivity contribution >= 4 is 57.4 Å². The minimum atomic E-state index is -0.440.